The Morgan fingerprint density at radius 1 is 1.22 bits per heavy atom. The summed E-state index contributed by atoms with van der Waals surface area (Å²) in [7, 11) is 0. The molecule has 0 radical (unpaired) electrons. The molecular weight excluding hydrogens is 237 g/mol. The molecule has 5 heteroatoms. The first-order valence-electron chi connectivity index (χ1n) is 5.33. The van der Waals surface area contributed by atoms with Crippen LogP contribution in [0.25, 0.3) is 21.9 Å². The molecule has 3 rings (SSSR count). The van der Waals surface area contributed by atoms with E-state index in [9.17, 15) is 14.5 Å². The number of nitro groups is 1. The van der Waals surface area contributed by atoms with Crippen molar-refractivity contribution >= 4 is 27.6 Å². The van der Waals surface area contributed by atoms with Crippen LogP contribution in [0.5, 0.6) is 0 Å². The summed E-state index contributed by atoms with van der Waals surface area (Å²) in [6, 6.07) is 7.35. The van der Waals surface area contributed by atoms with Crippen molar-refractivity contribution in [3.05, 3.63) is 51.8 Å². The van der Waals surface area contributed by atoms with Gasteiger partial charge in [0.05, 0.1) is 4.92 Å². The van der Waals surface area contributed by atoms with Gasteiger partial charge < -0.3 is 4.42 Å². The number of halogens is 1. The van der Waals surface area contributed by atoms with E-state index in [2.05, 4.69) is 0 Å². The highest BCUT2D eigenvalue weighted by atomic mass is 19.1. The van der Waals surface area contributed by atoms with Crippen LogP contribution in [0, 0.1) is 22.9 Å². The fourth-order valence-corrected chi connectivity index (χ4v) is 2.11. The van der Waals surface area contributed by atoms with E-state index < -0.39 is 10.7 Å². The maximum atomic E-state index is 13.1. The Hall–Kier alpha value is -2.43. The molecule has 4 nitrogen and oxygen atoms in total. The molecule has 0 amide bonds. The lowest BCUT2D eigenvalue weighted by Crippen LogP contribution is -1.89. The van der Waals surface area contributed by atoms with Gasteiger partial charge in [0.2, 0.25) is 5.58 Å². The van der Waals surface area contributed by atoms with Crippen molar-refractivity contribution in [2.45, 2.75) is 6.92 Å². The highest BCUT2D eigenvalue weighted by molar-refractivity contribution is 6.07. The molecule has 3 aromatic rings. The predicted molar refractivity (Wildman–Crippen MR) is 65.1 cm³/mol. The monoisotopic (exact) mass is 245 g/mol. The Morgan fingerprint density at radius 3 is 2.72 bits per heavy atom. The summed E-state index contributed by atoms with van der Waals surface area (Å²) in [5, 5.41) is 12.3. The Balaban J connectivity index is 2.52. The first-order chi connectivity index (χ1) is 8.56. The second-order valence-corrected chi connectivity index (χ2v) is 4.16. The number of nitro benzene ring substituents is 1. The number of non-ortho nitro benzene ring substituents is 1. The third-order valence-electron chi connectivity index (χ3n) is 2.86. The molecule has 0 atom stereocenters. The van der Waals surface area contributed by atoms with Crippen molar-refractivity contribution in [2.75, 3.05) is 0 Å². The van der Waals surface area contributed by atoms with Gasteiger partial charge in [0.1, 0.15) is 11.4 Å². The van der Waals surface area contributed by atoms with E-state index in [4.69, 9.17) is 4.42 Å². The van der Waals surface area contributed by atoms with Gasteiger partial charge >= 0.3 is 5.69 Å². The largest absolute Gasteiger partial charge is 0.449 e. The molecule has 0 unspecified atom stereocenters. The van der Waals surface area contributed by atoms with Crippen LogP contribution < -0.4 is 0 Å². The average Bonchev–Trinajstić information content (AvgIpc) is 2.65. The molecule has 0 fully saturated rings. The van der Waals surface area contributed by atoms with Crippen LogP contribution in [0.1, 0.15) is 5.56 Å². The van der Waals surface area contributed by atoms with E-state index >= 15 is 0 Å². The van der Waals surface area contributed by atoms with Gasteiger partial charge in [-0.15, -0.1) is 0 Å². The van der Waals surface area contributed by atoms with Gasteiger partial charge in [0.25, 0.3) is 0 Å². The van der Waals surface area contributed by atoms with Crippen molar-refractivity contribution in [3.8, 4) is 0 Å². The predicted octanol–water partition coefficient (Wildman–Crippen LogP) is 3.94. The summed E-state index contributed by atoms with van der Waals surface area (Å²) >= 11 is 0. The van der Waals surface area contributed by atoms with Crippen molar-refractivity contribution in [2.24, 2.45) is 0 Å². The molecule has 0 spiro atoms. The molecule has 18 heavy (non-hydrogen) atoms. The van der Waals surface area contributed by atoms with Crippen LogP contribution in [-0.2, 0) is 0 Å². The molecule has 90 valence electrons. The number of nitrogens with zero attached hydrogens (tertiary/aromatic N) is 1. The molecule has 1 aromatic heterocycles. The lowest BCUT2D eigenvalue weighted by atomic mass is 10.1. The van der Waals surface area contributed by atoms with Gasteiger partial charge in [-0.2, -0.15) is 0 Å². The second-order valence-electron chi connectivity index (χ2n) is 4.16. The molecular formula is C13H8FNO3. The topological polar surface area (TPSA) is 56.3 Å². The Morgan fingerprint density at radius 2 is 2.00 bits per heavy atom. The third-order valence-corrected chi connectivity index (χ3v) is 2.86. The zero-order chi connectivity index (χ0) is 12.9. The van der Waals surface area contributed by atoms with Crippen molar-refractivity contribution in [3.63, 3.8) is 0 Å². The number of hydrogen-bond donors (Lipinski definition) is 0. The van der Waals surface area contributed by atoms with E-state index in [0.29, 0.717) is 16.4 Å². The van der Waals surface area contributed by atoms with Gasteiger partial charge in [-0.05, 0) is 30.7 Å². The average molecular weight is 245 g/mol. The smallest absolute Gasteiger partial charge is 0.312 e. The van der Waals surface area contributed by atoms with Crippen molar-refractivity contribution < 1.29 is 13.7 Å². The number of rotatable bonds is 1. The maximum Gasteiger partial charge on any atom is 0.312 e. The quantitative estimate of drug-likeness (QED) is 0.482. The zero-order valence-corrected chi connectivity index (χ0v) is 9.44. The van der Waals surface area contributed by atoms with E-state index in [1.807, 2.05) is 0 Å². The SMILES string of the molecule is Cc1cc([N+](=O)[O-])c2oc3cc(F)ccc3c2c1. The van der Waals surface area contributed by atoms with E-state index in [0.717, 1.165) is 5.56 Å². The number of furan rings is 1. The van der Waals surface area contributed by atoms with Gasteiger partial charge in [-0.25, -0.2) is 4.39 Å². The molecule has 2 aromatic carbocycles. The van der Waals surface area contributed by atoms with E-state index in [1.54, 1.807) is 19.1 Å². The summed E-state index contributed by atoms with van der Waals surface area (Å²) < 4.78 is 18.5. The van der Waals surface area contributed by atoms with Gasteiger partial charge in [0, 0.05) is 22.9 Å². The highest BCUT2D eigenvalue weighted by Gasteiger charge is 2.19. The van der Waals surface area contributed by atoms with Crippen LogP contribution in [-0.4, -0.2) is 4.92 Å². The normalized spacial score (nSPS) is 11.2. The lowest BCUT2D eigenvalue weighted by molar-refractivity contribution is -0.383. The Bertz CT molecular complexity index is 792. The van der Waals surface area contributed by atoms with Crippen LogP contribution in [0.4, 0.5) is 10.1 Å². The second kappa shape index (κ2) is 3.53. The fraction of sp³-hybridized carbons (Fsp3) is 0.0769. The van der Waals surface area contributed by atoms with E-state index in [-0.39, 0.29) is 11.3 Å². The molecule has 0 saturated carbocycles. The molecule has 0 saturated heterocycles. The number of aryl methyl sites for hydroxylation is 1. The molecule has 0 N–H and O–H groups in total. The highest BCUT2D eigenvalue weighted by Crippen LogP contribution is 2.35. The number of fused-ring (bicyclic) bond motifs is 3. The summed E-state index contributed by atoms with van der Waals surface area (Å²) in [6.07, 6.45) is 0. The Labute approximate surface area is 101 Å². The summed E-state index contributed by atoms with van der Waals surface area (Å²) in [4.78, 5) is 10.5. The lowest BCUT2D eigenvalue weighted by Gasteiger charge is -1.95. The van der Waals surface area contributed by atoms with Gasteiger partial charge in [-0.3, -0.25) is 10.1 Å². The fourth-order valence-electron chi connectivity index (χ4n) is 2.11. The van der Waals surface area contributed by atoms with E-state index in [1.165, 1.54) is 18.2 Å². The molecule has 1 heterocycles. The first kappa shape index (κ1) is 10.7. The maximum absolute atomic E-state index is 13.1. The summed E-state index contributed by atoms with van der Waals surface area (Å²) in [5.74, 6) is -0.430. The Kier molecular flexibility index (Phi) is 2.10. The van der Waals surface area contributed by atoms with Crippen molar-refractivity contribution in [1.82, 2.24) is 0 Å². The minimum absolute atomic E-state index is 0.0957. The molecule has 0 aliphatic carbocycles. The minimum Gasteiger partial charge on any atom is -0.449 e. The van der Waals surface area contributed by atoms with Crippen LogP contribution in [0.2, 0.25) is 0 Å². The summed E-state index contributed by atoms with van der Waals surface area (Å²) in [5.41, 5.74) is 1.17. The van der Waals surface area contributed by atoms with Gasteiger partial charge in [0.15, 0.2) is 0 Å². The van der Waals surface area contributed by atoms with Crippen molar-refractivity contribution in [1.29, 1.82) is 0 Å². The molecule has 0 bridgehead atoms. The van der Waals surface area contributed by atoms with Crippen LogP contribution >= 0.6 is 0 Å². The summed E-state index contributed by atoms with van der Waals surface area (Å²) in [6.45, 7) is 1.77. The standard InChI is InChI=1S/C13H8FNO3/c1-7-4-10-9-3-2-8(14)6-12(9)18-13(10)11(5-7)15(16)17/h2-6H,1H3. The molecule has 0 aliphatic rings. The van der Waals surface area contributed by atoms with Crippen LogP contribution in [0.3, 0.4) is 0 Å². The number of benzene rings is 2. The zero-order valence-electron chi connectivity index (χ0n) is 9.44. The first-order valence-corrected chi connectivity index (χ1v) is 5.33. The molecule has 0 aliphatic heterocycles. The third kappa shape index (κ3) is 1.44. The van der Waals surface area contributed by atoms with Crippen LogP contribution in [0.15, 0.2) is 34.7 Å². The minimum atomic E-state index is -0.492. The number of hydrogen-bond acceptors (Lipinski definition) is 3. The van der Waals surface area contributed by atoms with Gasteiger partial charge in [-0.1, -0.05) is 0 Å².